The molecule has 2 aliphatic heterocycles. The van der Waals surface area contributed by atoms with Crippen molar-refractivity contribution in [2.75, 3.05) is 19.8 Å². The van der Waals surface area contributed by atoms with Gasteiger partial charge in [0.25, 0.3) is 0 Å². The second-order valence-electron chi connectivity index (χ2n) is 7.00. The monoisotopic (exact) mass is 348 g/mol. The summed E-state index contributed by atoms with van der Waals surface area (Å²) in [6.07, 6.45) is 5.04. The molecular weight excluding hydrogens is 328 g/mol. The summed E-state index contributed by atoms with van der Waals surface area (Å²) >= 11 is 6.53. The standard InChI is InChI=1S/C18H21ClN2O3/c19-13-4-3-5-14-16(13)17(12-10-18(11-12)23-8-9-24-18)20-21(14)15-6-1-2-7-22-15/h3-5,12,15H,1-2,6-11H2. The Morgan fingerprint density at radius 3 is 2.71 bits per heavy atom. The van der Waals surface area contributed by atoms with Crippen LogP contribution in [0.3, 0.4) is 0 Å². The van der Waals surface area contributed by atoms with E-state index in [1.807, 2.05) is 16.8 Å². The first-order valence-electron chi connectivity index (χ1n) is 8.82. The first kappa shape index (κ1) is 15.1. The van der Waals surface area contributed by atoms with E-state index in [0.717, 1.165) is 53.9 Å². The van der Waals surface area contributed by atoms with Crippen molar-refractivity contribution in [1.82, 2.24) is 9.78 Å². The summed E-state index contributed by atoms with van der Waals surface area (Å²) < 4.78 is 19.6. The second-order valence-corrected chi connectivity index (χ2v) is 7.40. The van der Waals surface area contributed by atoms with E-state index in [-0.39, 0.29) is 12.0 Å². The van der Waals surface area contributed by atoms with Gasteiger partial charge in [-0.15, -0.1) is 0 Å². The van der Waals surface area contributed by atoms with E-state index in [9.17, 15) is 0 Å². The fraction of sp³-hybridized carbons (Fsp3) is 0.611. The van der Waals surface area contributed by atoms with Crippen LogP contribution in [-0.4, -0.2) is 35.4 Å². The Kier molecular flexibility index (Phi) is 3.59. The van der Waals surface area contributed by atoms with Crippen LogP contribution in [0.15, 0.2) is 18.2 Å². The van der Waals surface area contributed by atoms with Gasteiger partial charge in [-0.25, -0.2) is 4.68 Å². The lowest BCUT2D eigenvalue weighted by atomic mass is 9.76. The van der Waals surface area contributed by atoms with Crippen LogP contribution in [0.1, 0.15) is 49.9 Å². The molecule has 0 bridgehead atoms. The summed E-state index contributed by atoms with van der Waals surface area (Å²) in [6.45, 7) is 2.19. The third kappa shape index (κ3) is 2.30. The van der Waals surface area contributed by atoms with Gasteiger partial charge in [0.15, 0.2) is 12.0 Å². The summed E-state index contributed by atoms with van der Waals surface area (Å²) in [5.74, 6) is -0.0426. The number of fused-ring (bicyclic) bond motifs is 1. The average molecular weight is 349 g/mol. The lowest BCUT2D eigenvalue weighted by Crippen LogP contribution is -2.43. The molecule has 3 fully saturated rings. The Bertz CT molecular complexity index is 755. The minimum absolute atomic E-state index is 0.0153. The van der Waals surface area contributed by atoms with Crippen molar-refractivity contribution < 1.29 is 14.2 Å². The van der Waals surface area contributed by atoms with E-state index >= 15 is 0 Å². The van der Waals surface area contributed by atoms with E-state index in [1.54, 1.807) is 0 Å². The van der Waals surface area contributed by atoms with Gasteiger partial charge in [0, 0.05) is 30.8 Å². The molecule has 1 atom stereocenters. The Hall–Kier alpha value is -1.14. The SMILES string of the molecule is Clc1cccc2c1c(C1CC3(C1)OCCO3)nn2C1CCCCO1. The minimum atomic E-state index is -0.372. The highest BCUT2D eigenvalue weighted by molar-refractivity contribution is 6.35. The third-order valence-corrected chi connectivity index (χ3v) is 5.77. The van der Waals surface area contributed by atoms with Crippen LogP contribution < -0.4 is 0 Å². The van der Waals surface area contributed by atoms with Gasteiger partial charge in [-0.05, 0) is 31.4 Å². The molecule has 1 spiro atoms. The van der Waals surface area contributed by atoms with E-state index in [4.69, 9.17) is 30.9 Å². The summed E-state index contributed by atoms with van der Waals surface area (Å²) in [6, 6.07) is 6.02. The van der Waals surface area contributed by atoms with Crippen molar-refractivity contribution in [2.24, 2.45) is 0 Å². The first-order valence-corrected chi connectivity index (χ1v) is 9.20. The van der Waals surface area contributed by atoms with E-state index in [2.05, 4.69) is 6.07 Å². The average Bonchev–Trinajstić information content (AvgIpc) is 3.20. The van der Waals surface area contributed by atoms with Gasteiger partial charge in [0.05, 0.1) is 29.4 Å². The van der Waals surface area contributed by atoms with E-state index in [1.165, 1.54) is 6.42 Å². The highest BCUT2D eigenvalue weighted by Gasteiger charge is 2.51. The van der Waals surface area contributed by atoms with Gasteiger partial charge in [-0.3, -0.25) is 0 Å². The molecule has 24 heavy (non-hydrogen) atoms. The van der Waals surface area contributed by atoms with Crippen LogP contribution in [0.25, 0.3) is 10.9 Å². The normalized spacial score (nSPS) is 27.0. The quantitative estimate of drug-likeness (QED) is 0.822. The highest BCUT2D eigenvalue weighted by atomic mass is 35.5. The zero-order valence-electron chi connectivity index (χ0n) is 13.5. The molecule has 1 aromatic carbocycles. The number of aromatic nitrogens is 2. The molecule has 128 valence electrons. The molecular formula is C18H21ClN2O3. The largest absolute Gasteiger partial charge is 0.356 e. The number of rotatable bonds is 2. The molecule has 1 aliphatic carbocycles. The summed E-state index contributed by atoms with van der Waals surface area (Å²) in [5.41, 5.74) is 2.13. The molecule has 0 N–H and O–H groups in total. The van der Waals surface area contributed by atoms with Crippen molar-refractivity contribution in [3.8, 4) is 0 Å². The molecule has 2 aromatic rings. The number of nitrogens with zero attached hydrogens (tertiary/aromatic N) is 2. The summed E-state index contributed by atoms with van der Waals surface area (Å²) in [7, 11) is 0. The van der Waals surface area contributed by atoms with Crippen molar-refractivity contribution >= 4 is 22.5 Å². The molecule has 5 nitrogen and oxygen atoms in total. The third-order valence-electron chi connectivity index (χ3n) is 5.45. The number of hydrogen-bond donors (Lipinski definition) is 0. The maximum Gasteiger partial charge on any atom is 0.169 e. The molecule has 1 unspecified atom stereocenters. The minimum Gasteiger partial charge on any atom is -0.356 e. The Morgan fingerprint density at radius 2 is 1.96 bits per heavy atom. The van der Waals surface area contributed by atoms with Gasteiger partial charge < -0.3 is 14.2 Å². The number of halogens is 1. The van der Waals surface area contributed by atoms with Crippen LogP contribution >= 0.6 is 11.6 Å². The summed E-state index contributed by atoms with van der Waals surface area (Å²) in [4.78, 5) is 0. The fourth-order valence-electron chi connectivity index (χ4n) is 4.22. The number of hydrogen-bond acceptors (Lipinski definition) is 4. The predicted octanol–water partition coefficient (Wildman–Crippen LogP) is 4.01. The Morgan fingerprint density at radius 1 is 1.12 bits per heavy atom. The second kappa shape index (κ2) is 5.70. The first-order chi connectivity index (χ1) is 11.8. The van der Waals surface area contributed by atoms with Crippen LogP contribution in [0, 0.1) is 0 Å². The van der Waals surface area contributed by atoms with Crippen molar-refractivity contribution in [3.05, 3.63) is 28.9 Å². The van der Waals surface area contributed by atoms with E-state index < -0.39 is 0 Å². The van der Waals surface area contributed by atoms with Crippen molar-refractivity contribution in [3.63, 3.8) is 0 Å². The molecule has 5 rings (SSSR count). The Balaban J connectivity index is 1.53. The Labute approximate surface area is 145 Å². The van der Waals surface area contributed by atoms with Gasteiger partial charge in [0.1, 0.15) is 0 Å². The molecule has 0 radical (unpaired) electrons. The smallest absolute Gasteiger partial charge is 0.169 e. The molecule has 3 aliphatic rings. The summed E-state index contributed by atoms with van der Waals surface area (Å²) in [5, 5.41) is 6.77. The molecule has 6 heteroatoms. The van der Waals surface area contributed by atoms with Crippen LogP contribution in [0.4, 0.5) is 0 Å². The van der Waals surface area contributed by atoms with Crippen molar-refractivity contribution in [2.45, 2.75) is 50.0 Å². The number of benzene rings is 1. The number of ether oxygens (including phenoxy) is 3. The lowest BCUT2D eigenvalue weighted by molar-refractivity contribution is -0.216. The fourth-order valence-corrected chi connectivity index (χ4v) is 4.48. The zero-order valence-corrected chi connectivity index (χ0v) is 14.3. The topological polar surface area (TPSA) is 45.5 Å². The van der Waals surface area contributed by atoms with Gasteiger partial charge in [-0.2, -0.15) is 5.10 Å². The van der Waals surface area contributed by atoms with E-state index in [0.29, 0.717) is 19.1 Å². The van der Waals surface area contributed by atoms with Crippen molar-refractivity contribution in [1.29, 1.82) is 0 Å². The molecule has 3 heterocycles. The van der Waals surface area contributed by atoms with Gasteiger partial charge in [0.2, 0.25) is 0 Å². The lowest BCUT2D eigenvalue weighted by Gasteiger charge is -2.42. The zero-order chi connectivity index (χ0) is 16.1. The van der Waals surface area contributed by atoms with Gasteiger partial charge in [-0.1, -0.05) is 17.7 Å². The maximum absolute atomic E-state index is 6.53. The molecule has 0 amide bonds. The molecule has 1 saturated carbocycles. The van der Waals surface area contributed by atoms with Crippen LogP contribution in [-0.2, 0) is 14.2 Å². The predicted molar refractivity (Wildman–Crippen MR) is 90.2 cm³/mol. The highest BCUT2D eigenvalue weighted by Crippen LogP contribution is 2.51. The molecule has 1 aromatic heterocycles. The molecule has 2 saturated heterocycles. The van der Waals surface area contributed by atoms with Crippen LogP contribution in [0.5, 0.6) is 0 Å². The van der Waals surface area contributed by atoms with Crippen LogP contribution in [0.2, 0.25) is 5.02 Å². The maximum atomic E-state index is 6.53. The van der Waals surface area contributed by atoms with Gasteiger partial charge >= 0.3 is 0 Å².